The second kappa shape index (κ2) is 10.4. The van der Waals surface area contributed by atoms with Gasteiger partial charge in [-0.15, -0.1) is 0 Å². The molecule has 2 bridgehead atoms. The molecular weight excluding hydrogens is 490 g/mol. The zero-order valence-corrected chi connectivity index (χ0v) is 23.5. The van der Waals surface area contributed by atoms with Crippen molar-refractivity contribution in [3.8, 4) is 0 Å². The van der Waals surface area contributed by atoms with Gasteiger partial charge >= 0.3 is 0 Å². The van der Waals surface area contributed by atoms with Gasteiger partial charge in [-0.05, 0) is 55.2 Å². The number of nitrogens with zero attached hydrogens (tertiary/aromatic N) is 1. The van der Waals surface area contributed by atoms with Gasteiger partial charge in [0.25, 0.3) is 0 Å². The molecule has 5 unspecified atom stereocenters. The van der Waals surface area contributed by atoms with Crippen LogP contribution in [0.25, 0.3) is 0 Å². The largest absolute Gasteiger partial charge is 0.359 e. The summed E-state index contributed by atoms with van der Waals surface area (Å²) in [4.78, 5) is 44.1. The molecule has 39 heavy (non-hydrogen) atoms. The molecule has 7 heteroatoms. The molecule has 4 fully saturated rings. The van der Waals surface area contributed by atoms with Gasteiger partial charge < -0.3 is 20.3 Å². The summed E-state index contributed by atoms with van der Waals surface area (Å²) in [6.45, 7) is 6.47. The molecule has 7 atom stereocenters. The van der Waals surface area contributed by atoms with Crippen molar-refractivity contribution in [1.29, 1.82) is 0 Å². The van der Waals surface area contributed by atoms with E-state index >= 15 is 0 Å². The fourth-order valence-corrected chi connectivity index (χ4v) is 7.98. The molecule has 210 valence electrons. The topological polar surface area (TPSA) is 87.7 Å². The Labute approximate surface area is 232 Å². The van der Waals surface area contributed by atoms with Crippen LogP contribution in [0.15, 0.2) is 36.4 Å². The van der Waals surface area contributed by atoms with Crippen molar-refractivity contribution in [2.24, 2.45) is 17.8 Å². The SMILES string of the molecule is CC(C)c1ccc(NC(=O)C2[C@H]3C=CC4(O3)C(C(=O)NC3CCCCC3)N(C3CCCCC3C)C(=O)[C@@H]24)cc1. The van der Waals surface area contributed by atoms with E-state index in [1.165, 1.54) is 12.0 Å². The molecule has 7 nitrogen and oxygen atoms in total. The number of likely N-dealkylation sites (tertiary alicyclic amines) is 1. The molecule has 6 rings (SSSR count). The van der Waals surface area contributed by atoms with Crippen molar-refractivity contribution >= 4 is 23.4 Å². The molecular formula is C32H43N3O4. The fraction of sp³-hybridized carbons (Fsp3) is 0.656. The molecule has 2 aliphatic carbocycles. The van der Waals surface area contributed by atoms with Crippen molar-refractivity contribution in [3.63, 3.8) is 0 Å². The van der Waals surface area contributed by atoms with E-state index in [0.717, 1.165) is 51.4 Å². The predicted octanol–water partition coefficient (Wildman–Crippen LogP) is 4.93. The fourth-order valence-electron chi connectivity index (χ4n) is 7.98. The lowest BCUT2D eigenvalue weighted by molar-refractivity contribution is -0.146. The van der Waals surface area contributed by atoms with Crippen molar-refractivity contribution in [2.45, 2.75) is 114 Å². The van der Waals surface area contributed by atoms with Gasteiger partial charge in [-0.1, -0.05) is 77.2 Å². The number of hydrogen-bond donors (Lipinski definition) is 2. The van der Waals surface area contributed by atoms with E-state index in [2.05, 4.69) is 31.4 Å². The zero-order chi connectivity index (χ0) is 27.3. The number of amides is 3. The third-order valence-electron chi connectivity index (χ3n) is 10.1. The molecule has 5 aliphatic rings. The second-order valence-electron chi connectivity index (χ2n) is 12.9. The van der Waals surface area contributed by atoms with Gasteiger partial charge in [0.2, 0.25) is 17.7 Å². The van der Waals surface area contributed by atoms with E-state index in [0.29, 0.717) is 17.5 Å². The Morgan fingerprint density at radius 2 is 1.67 bits per heavy atom. The molecule has 3 amide bonds. The minimum absolute atomic E-state index is 0.0170. The summed E-state index contributed by atoms with van der Waals surface area (Å²) >= 11 is 0. The molecule has 3 aliphatic heterocycles. The van der Waals surface area contributed by atoms with Crippen LogP contribution < -0.4 is 10.6 Å². The second-order valence-corrected chi connectivity index (χ2v) is 12.9. The normalized spacial score (nSPS) is 35.9. The maximum atomic E-state index is 14.4. The lowest BCUT2D eigenvalue weighted by Gasteiger charge is -2.42. The number of anilines is 1. The highest BCUT2D eigenvalue weighted by atomic mass is 16.5. The minimum Gasteiger partial charge on any atom is -0.359 e. The first-order chi connectivity index (χ1) is 18.8. The Morgan fingerprint density at radius 1 is 0.974 bits per heavy atom. The Kier molecular flexibility index (Phi) is 7.07. The number of benzene rings is 1. The third kappa shape index (κ3) is 4.51. The summed E-state index contributed by atoms with van der Waals surface area (Å²) in [5.74, 6) is -1.09. The molecule has 3 heterocycles. The van der Waals surface area contributed by atoms with Gasteiger partial charge in [-0.3, -0.25) is 14.4 Å². The van der Waals surface area contributed by atoms with Crippen LogP contribution in [0.3, 0.4) is 0 Å². The molecule has 1 aromatic rings. The summed E-state index contributed by atoms with van der Waals surface area (Å²) in [6.07, 6.45) is 12.8. The number of nitrogens with one attached hydrogen (secondary N) is 2. The van der Waals surface area contributed by atoms with Crippen LogP contribution in [0.5, 0.6) is 0 Å². The van der Waals surface area contributed by atoms with Gasteiger partial charge in [0.05, 0.1) is 17.9 Å². The van der Waals surface area contributed by atoms with E-state index in [9.17, 15) is 14.4 Å². The van der Waals surface area contributed by atoms with Crippen LogP contribution >= 0.6 is 0 Å². The van der Waals surface area contributed by atoms with Crippen molar-refractivity contribution in [2.75, 3.05) is 5.32 Å². The van der Waals surface area contributed by atoms with E-state index in [4.69, 9.17) is 4.74 Å². The summed E-state index contributed by atoms with van der Waals surface area (Å²) in [7, 11) is 0. The minimum atomic E-state index is -1.10. The standard InChI is InChI=1S/C32H43N3O4/c1-19(2)21-13-15-23(16-14-21)33-29(36)26-25-17-18-32(39-25)27(26)31(38)35(24-12-8-7-9-20(24)3)28(32)30(37)34-22-10-5-4-6-11-22/h13-20,22,24-28H,4-12H2,1-3H3,(H,33,36)(H,34,37)/t20?,24?,25-,26?,27-,28?,32?/m1/s1. The number of carbonyl (C=O) groups excluding carboxylic acids is 3. The average Bonchev–Trinajstić information content (AvgIpc) is 3.57. The molecule has 2 N–H and O–H groups in total. The van der Waals surface area contributed by atoms with Crippen molar-refractivity contribution < 1.29 is 19.1 Å². The maximum Gasteiger partial charge on any atom is 0.246 e. The van der Waals surface area contributed by atoms with E-state index in [1.807, 2.05) is 41.3 Å². The van der Waals surface area contributed by atoms with Crippen LogP contribution in [0.1, 0.15) is 90.0 Å². The molecule has 1 spiro atoms. The maximum absolute atomic E-state index is 14.4. The van der Waals surface area contributed by atoms with Gasteiger partial charge in [-0.25, -0.2) is 0 Å². The highest BCUT2D eigenvalue weighted by Gasteiger charge is 2.73. The van der Waals surface area contributed by atoms with Gasteiger partial charge in [0.15, 0.2) is 0 Å². The summed E-state index contributed by atoms with van der Waals surface area (Å²) in [5.41, 5.74) is 0.814. The van der Waals surface area contributed by atoms with Crippen molar-refractivity contribution in [1.82, 2.24) is 10.2 Å². The van der Waals surface area contributed by atoms with Crippen LogP contribution in [-0.4, -0.2) is 52.5 Å². The smallest absolute Gasteiger partial charge is 0.246 e. The third-order valence-corrected chi connectivity index (χ3v) is 10.1. The zero-order valence-electron chi connectivity index (χ0n) is 23.5. The molecule has 1 aromatic carbocycles. The summed E-state index contributed by atoms with van der Waals surface area (Å²) < 4.78 is 6.56. The number of fused-ring (bicyclic) bond motifs is 1. The highest BCUT2D eigenvalue weighted by molar-refractivity contribution is 6.03. The van der Waals surface area contributed by atoms with Gasteiger partial charge in [0, 0.05) is 17.8 Å². The summed E-state index contributed by atoms with van der Waals surface area (Å²) in [6, 6.07) is 7.26. The Bertz CT molecular complexity index is 1140. The summed E-state index contributed by atoms with van der Waals surface area (Å²) in [5, 5.41) is 6.36. The van der Waals surface area contributed by atoms with E-state index in [1.54, 1.807) is 0 Å². The van der Waals surface area contributed by atoms with E-state index in [-0.39, 0.29) is 29.8 Å². The molecule has 0 radical (unpaired) electrons. The Morgan fingerprint density at radius 3 is 2.36 bits per heavy atom. The molecule has 2 saturated carbocycles. The highest BCUT2D eigenvalue weighted by Crippen LogP contribution is 2.56. The number of hydrogen-bond acceptors (Lipinski definition) is 4. The molecule has 2 saturated heterocycles. The first kappa shape index (κ1) is 26.5. The van der Waals surface area contributed by atoms with Gasteiger partial charge in [0.1, 0.15) is 11.6 Å². The average molecular weight is 534 g/mol. The number of rotatable bonds is 6. The van der Waals surface area contributed by atoms with E-state index < -0.39 is 29.6 Å². The monoisotopic (exact) mass is 533 g/mol. The lowest BCUT2D eigenvalue weighted by atomic mass is 9.74. The van der Waals surface area contributed by atoms with Crippen molar-refractivity contribution in [3.05, 3.63) is 42.0 Å². The Balaban J connectivity index is 1.30. The first-order valence-electron chi connectivity index (χ1n) is 15.2. The number of carbonyl (C=O) groups is 3. The quantitative estimate of drug-likeness (QED) is 0.508. The van der Waals surface area contributed by atoms with Crippen LogP contribution in [0.4, 0.5) is 5.69 Å². The Hall–Kier alpha value is -2.67. The first-order valence-corrected chi connectivity index (χ1v) is 15.2. The van der Waals surface area contributed by atoms with Crippen LogP contribution in [-0.2, 0) is 19.1 Å². The lowest BCUT2D eigenvalue weighted by Crippen LogP contribution is -2.59. The van der Waals surface area contributed by atoms with Crippen LogP contribution in [0.2, 0.25) is 0 Å². The van der Waals surface area contributed by atoms with Gasteiger partial charge in [-0.2, -0.15) is 0 Å². The predicted molar refractivity (Wildman–Crippen MR) is 150 cm³/mol. The van der Waals surface area contributed by atoms with Crippen LogP contribution in [0, 0.1) is 17.8 Å². The molecule has 0 aromatic heterocycles. The number of ether oxygens (including phenoxy) is 1.